The first-order valence-electron chi connectivity index (χ1n) is 14.0. The molecule has 1 heterocycles. The van der Waals surface area contributed by atoms with Crippen LogP contribution in [0.2, 0.25) is 0 Å². The molecule has 2 amide bonds. The lowest BCUT2D eigenvalue weighted by Crippen LogP contribution is -2.45. The molecule has 0 aliphatic heterocycles. The minimum absolute atomic E-state index is 0.000884. The summed E-state index contributed by atoms with van der Waals surface area (Å²) in [4.78, 5) is 25.9. The van der Waals surface area contributed by atoms with E-state index in [-0.39, 0.29) is 23.8 Å². The zero-order valence-electron chi connectivity index (χ0n) is 23.7. The maximum Gasteiger partial charge on any atom is 0.407 e. The summed E-state index contributed by atoms with van der Waals surface area (Å²) in [5.74, 6) is -0.149. The number of rotatable bonds is 6. The maximum absolute atomic E-state index is 13.7. The number of alkyl carbamates (subject to hydrolysis) is 1. The number of nitrogens with two attached hydrogens (primary N) is 1. The van der Waals surface area contributed by atoms with Gasteiger partial charge in [0.25, 0.3) is 5.91 Å². The molecule has 1 aromatic heterocycles. The van der Waals surface area contributed by atoms with Crippen molar-refractivity contribution in [3.63, 3.8) is 0 Å². The smallest absolute Gasteiger partial charge is 0.407 e. The second kappa shape index (κ2) is 11.5. The van der Waals surface area contributed by atoms with Gasteiger partial charge in [0.15, 0.2) is 5.84 Å². The van der Waals surface area contributed by atoms with Gasteiger partial charge in [-0.3, -0.25) is 4.79 Å². The number of amides is 2. The summed E-state index contributed by atoms with van der Waals surface area (Å²) in [6, 6.07) is 21.9. The van der Waals surface area contributed by atoms with Crippen molar-refractivity contribution >= 4 is 39.5 Å². The van der Waals surface area contributed by atoms with E-state index < -0.39 is 11.7 Å². The van der Waals surface area contributed by atoms with E-state index >= 15 is 0 Å². The molecule has 5 N–H and O–H groups in total. The molecule has 1 saturated carbocycles. The molecule has 41 heavy (non-hydrogen) atoms. The molecule has 214 valence electrons. The fourth-order valence-electron chi connectivity index (χ4n) is 5.47. The number of ether oxygens (including phenoxy) is 1. The van der Waals surface area contributed by atoms with Crippen molar-refractivity contribution in [1.82, 2.24) is 15.2 Å². The van der Waals surface area contributed by atoms with Crippen LogP contribution in [0.5, 0.6) is 0 Å². The first-order chi connectivity index (χ1) is 19.6. The number of nitrogens with zero attached hydrogens (tertiary/aromatic N) is 2. The molecule has 0 bridgehead atoms. The minimum atomic E-state index is -0.544. The highest BCUT2D eigenvalue weighted by Crippen LogP contribution is 2.26. The van der Waals surface area contributed by atoms with E-state index in [1.165, 1.54) is 0 Å². The normalized spacial score (nSPS) is 17.9. The Kier molecular flexibility index (Phi) is 7.88. The quantitative estimate of drug-likeness (QED) is 0.108. The topological polar surface area (TPSA) is 131 Å². The van der Waals surface area contributed by atoms with Crippen LogP contribution in [0.4, 0.5) is 4.79 Å². The number of oxime groups is 1. The monoisotopic (exact) mass is 555 g/mol. The van der Waals surface area contributed by atoms with E-state index in [0.717, 1.165) is 52.9 Å². The first kappa shape index (κ1) is 28.0. The Morgan fingerprint density at radius 3 is 2.27 bits per heavy atom. The van der Waals surface area contributed by atoms with Gasteiger partial charge in [-0.2, -0.15) is 0 Å². The Hall–Kier alpha value is -4.53. The van der Waals surface area contributed by atoms with Gasteiger partial charge in [0.05, 0.1) is 0 Å². The number of carbonyl (C=O) groups is 2. The zero-order chi connectivity index (χ0) is 29.1. The third kappa shape index (κ3) is 6.62. The Balaban J connectivity index is 1.36. The summed E-state index contributed by atoms with van der Waals surface area (Å²) in [7, 11) is 0. The Morgan fingerprint density at radius 2 is 1.59 bits per heavy atom. The summed E-state index contributed by atoms with van der Waals surface area (Å²) >= 11 is 0. The van der Waals surface area contributed by atoms with Crippen molar-refractivity contribution in [1.29, 1.82) is 0 Å². The van der Waals surface area contributed by atoms with Crippen LogP contribution in [0.25, 0.3) is 21.7 Å². The van der Waals surface area contributed by atoms with Gasteiger partial charge < -0.3 is 30.9 Å². The maximum atomic E-state index is 13.7. The van der Waals surface area contributed by atoms with Crippen LogP contribution in [0.3, 0.4) is 0 Å². The lowest BCUT2D eigenvalue weighted by molar-refractivity contribution is 0.0487. The van der Waals surface area contributed by atoms with Crippen LogP contribution >= 0.6 is 0 Å². The SMILES string of the molecule is CC(C)(C)OC(=O)NC1CCC(NC(=O)c2cc3ccc(C(N)=NO)cc3n2Cc2ccc3ccccc3c2)CC1. The van der Waals surface area contributed by atoms with Crippen LogP contribution in [0.1, 0.15) is 68.1 Å². The van der Waals surface area contributed by atoms with Crippen molar-refractivity contribution < 1.29 is 19.5 Å². The molecule has 5 rings (SSSR count). The highest BCUT2D eigenvalue weighted by atomic mass is 16.6. The van der Waals surface area contributed by atoms with Crippen LogP contribution in [-0.4, -0.2) is 45.3 Å². The number of aromatic nitrogens is 1. The van der Waals surface area contributed by atoms with Gasteiger partial charge in [-0.25, -0.2) is 4.79 Å². The molecule has 1 aliphatic rings. The number of nitrogens with one attached hydrogen (secondary N) is 2. The molecule has 1 fully saturated rings. The van der Waals surface area contributed by atoms with E-state index in [0.29, 0.717) is 17.8 Å². The Bertz CT molecular complexity index is 1610. The van der Waals surface area contributed by atoms with E-state index in [9.17, 15) is 14.8 Å². The van der Waals surface area contributed by atoms with Crippen molar-refractivity contribution in [2.45, 2.75) is 70.7 Å². The molecule has 3 aromatic carbocycles. The van der Waals surface area contributed by atoms with Gasteiger partial charge in [0.2, 0.25) is 0 Å². The molecular formula is C32H37N5O4. The lowest BCUT2D eigenvalue weighted by Gasteiger charge is -2.30. The molecule has 0 radical (unpaired) electrons. The van der Waals surface area contributed by atoms with Gasteiger partial charge in [-0.15, -0.1) is 0 Å². The summed E-state index contributed by atoms with van der Waals surface area (Å²) in [6.45, 7) is 6.00. The summed E-state index contributed by atoms with van der Waals surface area (Å²) in [5, 5.41) is 21.7. The first-order valence-corrected chi connectivity index (χ1v) is 14.0. The fourth-order valence-corrected chi connectivity index (χ4v) is 5.47. The fraction of sp³-hybridized carbons (Fsp3) is 0.344. The van der Waals surface area contributed by atoms with Crippen LogP contribution < -0.4 is 16.4 Å². The number of amidine groups is 1. The molecule has 0 atom stereocenters. The summed E-state index contributed by atoms with van der Waals surface area (Å²) in [6.07, 6.45) is 2.62. The summed E-state index contributed by atoms with van der Waals surface area (Å²) in [5.41, 5.74) is 8.33. The van der Waals surface area contributed by atoms with Crippen LogP contribution in [0, 0.1) is 0 Å². The molecule has 0 unspecified atom stereocenters. The van der Waals surface area contributed by atoms with Gasteiger partial charge in [0, 0.05) is 35.1 Å². The zero-order valence-corrected chi connectivity index (χ0v) is 23.7. The standard InChI is InChI=1S/C32H37N5O4/c1-32(2,3)41-31(39)35-26-14-12-25(13-15-26)34-30(38)28-17-23-10-11-24(29(33)36-40)18-27(23)37(28)19-20-8-9-21-6-4-5-7-22(21)16-20/h4-11,16-18,25-26,40H,12-15,19H2,1-3H3,(H2,33,36)(H,34,38)(H,35,39). The highest BCUT2D eigenvalue weighted by Gasteiger charge is 2.27. The van der Waals surface area contributed by atoms with E-state index in [1.807, 2.05) is 55.7 Å². The van der Waals surface area contributed by atoms with Gasteiger partial charge in [-0.1, -0.05) is 53.7 Å². The predicted molar refractivity (Wildman–Crippen MR) is 160 cm³/mol. The predicted octanol–water partition coefficient (Wildman–Crippen LogP) is 5.50. The number of carbonyl (C=O) groups excluding carboxylic acids is 2. The van der Waals surface area contributed by atoms with Crippen molar-refractivity contribution in [3.05, 3.63) is 83.6 Å². The second-order valence-corrected chi connectivity index (χ2v) is 11.7. The second-order valence-electron chi connectivity index (χ2n) is 11.7. The van der Waals surface area contributed by atoms with Crippen LogP contribution in [0.15, 0.2) is 71.9 Å². The van der Waals surface area contributed by atoms with E-state index in [4.69, 9.17) is 10.5 Å². The number of benzene rings is 3. The Labute approximate surface area is 239 Å². The van der Waals surface area contributed by atoms with E-state index in [1.54, 1.807) is 6.07 Å². The molecule has 9 nitrogen and oxygen atoms in total. The van der Waals surface area contributed by atoms with E-state index in [2.05, 4.69) is 46.1 Å². The van der Waals surface area contributed by atoms with Gasteiger partial charge in [-0.05, 0) is 81.0 Å². The summed E-state index contributed by atoms with van der Waals surface area (Å²) < 4.78 is 7.37. The van der Waals surface area contributed by atoms with Gasteiger partial charge in [0.1, 0.15) is 11.3 Å². The largest absolute Gasteiger partial charge is 0.444 e. The molecular weight excluding hydrogens is 518 g/mol. The van der Waals surface area contributed by atoms with Gasteiger partial charge >= 0.3 is 6.09 Å². The molecule has 1 aliphatic carbocycles. The third-order valence-corrected chi connectivity index (χ3v) is 7.48. The molecule has 9 heteroatoms. The lowest BCUT2D eigenvalue weighted by atomic mass is 9.91. The van der Waals surface area contributed by atoms with Crippen molar-refractivity contribution in [2.75, 3.05) is 0 Å². The van der Waals surface area contributed by atoms with Crippen molar-refractivity contribution in [2.24, 2.45) is 10.9 Å². The van der Waals surface area contributed by atoms with Crippen molar-refractivity contribution in [3.8, 4) is 0 Å². The third-order valence-electron chi connectivity index (χ3n) is 7.48. The molecule has 0 saturated heterocycles. The molecule has 0 spiro atoms. The van der Waals surface area contributed by atoms with Crippen LogP contribution in [-0.2, 0) is 11.3 Å². The average molecular weight is 556 g/mol. The Morgan fingerprint density at radius 1 is 0.927 bits per heavy atom. The molecule has 4 aromatic rings. The minimum Gasteiger partial charge on any atom is -0.444 e. The number of fused-ring (bicyclic) bond motifs is 2. The highest BCUT2D eigenvalue weighted by molar-refractivity contribution is 6.03. The number of hydrogen-bond donors (Lipinski definition) is 4. The average Bonchev–Trinajstić information content (AvgIpc) is 3.30. The number of hydrogen-bond acceptors (Lipinski definition) is 5.